The summed E-state index contributed by atoms with van der Waals surface area (Å²) in [5.74, 6) is 0.114. The third-order valence-electron chi connectivity index (χ3n) is 3.66. The molecule has 0 aromatic heterocycles. The Morgan fingerprint density at radius 1 is 1.25 bits per heavy atom. The topological polar surface area (TPSA) is 27.7 Å². The summed E-state index contributed by atoms with van der Waals surface area (Å²) in [6, 6.07) is 1.98. The second kappa shape index (κ2) is 6.33. The fraction of sp³-hybridized carbons (Fsp3) is 0.625. The minimum Gasteiger partial charge on any atom is -0.493 e. The van der Waals surface area contributed by atoms with Crippen molar-refractivity contribution >= 4 is 11.6 Å². The summed E-state index contributed by atoms with van der Waals surface area (Å²) in [4.78, 5) is 0. The van der Waals surface area contributed by atoms with Crippen LogP contribution in [0.15, 0.2) is 6.07 Å². The standard InChI is InChI=1S/C16H23ClO3/c1-5-7-16(19-8-9-20-16)14-12(4)15(17)11(3)10-13(14)18-6-2/h10H,5-9H2,1-4H3. The number of ether oxygens (including phenoxy) is 3. The van der Waals surface area contributed by atoms with E-state index in [1.54, 1.807) is 0 Å². The molecule has 0 N–H and O–H groups in total. The number of halogens is 1. The van der Waals surface area contributed by atoms with Crippen molar-refractivity contribution in [2.75, 3.05) is 19.8 Å². The molecule has 0 unspecified atom stereocenters. The van der Waals surface area contributed by atoms with Gasteiger partial charge in [-0.25, -0.2) is 0 Å². The molecule has 0 aliphatic carbocycles. The molecule has 1 aliphatic heterocycles. The van der Waals surface area contributed by atoms with E-state index in [1.807, 2.05) is 26.8 Å². The van der Waals surface area contributed by atoms with Crippen molar-refractivity contribution in [2.24, 2.45) is 0 Å². The fourth-order valence-corrected chi connectivity index (χ4v) is 3.01. The van der Waals surface area contributed by atoms with Gasteiger partial charge in [0.25, 0.3) is 0 Å². The van der Waals surface area contributed by atoms with E-state index in [1.165, 1.54) is 0 Å². The Hall–Kier alpha value is -0.770. The van der Waals surface area contributed by atoms with E-state index in [-0.39, 0.29) is 0 Å². The summed E-state index contributed by atoms with van der Waals surface area (Å²) in [5, 5.41) is 0.762. The first kappa shape index (κ1) is 15.6. The van der Waals surface area contributed by atoms with Crippen LogP contribution in [0.4, 0.5) is 0 Å². The van der Waals surface area contributed by atoms with Crippen molar-refractivity contribution in [2.45, 2.75) is 46.3 Å². The van der Waals surface area contributed by atoms with E-state index in [2.05, 4.69) is 6.92 Å². The zero-order valence-corrected chi connectivity index (χ0v) is 13.5. The van der Waals surface area contributed by atoms with E-state index >= 15 is 0 Å². The summed E-state index contributed by atoms with van der Waals surface area (Å²) >= 11 is 6.43. The summed E-state index contributed by atoms with van der Waals surface area (Å²) < 4.78 is 17.8. The molecule has 1 heterocycles. The van der Waals surface area contributed by atoms with Crippen LogP contribution in [0.1, 0.15) is 43.4 Å². The first-order valence-corrected chi connectivity index (χ1v) is 7.64. The first-order chi connectivity index (χ1) is 9.55. The van der Waals surface area contributed by atoms with E-state index < -0.39 is 5.79 Å². The smallest absolute Gasteiger partial charge is 0.198 e. The number of rotatable bonds is 5. The molecule has 1 saturated heterocycles. The average molecular weight is 299 g/mol. The highest BCUT2D eigenvalue weighted by atomic mass is 35.5. The van der Waals surface area contributed by atoms with Crippen molar-refractivity contribution in [3.8, 4) is 5.75 Å². The second-order valence-electron chi connectivity index (χ2n) is 5.14. The molecule has 3 nitrogen and oxygen atoms in total. The molecule has 1 fully saturated rings. The van der Waals surface area contributed by atoms with Gasteiger partial charge >= 0.3 is 0 Å². The van der Waals surface area contributed by atoms with Crippen LogP contribution in [-0.2, 0) is 15.3 Å². The molecule has 0 spiro atoms. The average Bonchev–Trinajstić information content (AvgIpc) is 2.86. The van der Waals surface area contributed by atoms with Crippen molar-refractivity contribution in [3.05, 3.63) is 27.8 Å². The van der Waals surface area contributed by atoms with E-state index in [0.717, 1.165) is 40.3 Å². The Morgan fingerprint density at radius 2 is 1.90 bits per heavy atom. The van der Waals surface area contributed by atoms with Gasteiger partial charge in [-0.3, -0.25) is 0 Å². The van der Waals surface area contributed by atoms with Gasteiger partial charge in [0, 0.05) is 11.4 Å². The van der Waals surface area contributed by atoms with Gasteiger partial charge in [-0.2, -0.15) is 0 Å². The van der Waals surface area contributed by atoms with E-state index in [0.29, 0.717) is 19.8 Å². The summed E-state index contributed by atoms with van der Waals surface area (Å²) in [7, 11) is 0. The quantitative estimate of drug-likeness (QED) is 0.808. The second-order valence-corrected chi connectivity index (χ2v) is 5.52. The Balaban J connectivity index is 2.60. The molecule has 1 aromatic rings. The number of hydrogen-bond acceptors (Lipinski definition) is 3. The van der Waals surface area contributed by atoms with Gasteiger partial charge in [0.1, 0.15) is 5.75 Å². The van der Waals surface area contributed by atoms with Crippen LogP contribution in [0.3, 0.4) is 0 Å². The Labute approximate surface area is 126 Å². The Kier molecular flexibility index (Phi) is 4.95. The maximum absolute atomic E-state index is 6.43. The summed E-state index contributed by atoms with van der Waals surface area (Å²) in [6.45, 7) is 9.92. The normalized spacial score (nSPS) is 17.4. The third kappa shape index (κ3) is 2.67. The third-order valence-corrected chi connectivity index (χ3v) is 4.24. The highest BCUT2D eigenvalue weighted by molar-refractivity contribution is 6.32. The molecule has 1 aliphatic rings. The van der Waals surface area contributed by atoms with Crippen LogP contribution in [0.25, 0.3) is 0 Å². The van der Waals surface area contributed by atoms with Crippen LogP contribution in [-0.4, -0.2) is 19.8 Å². The Morgan fingerprint density at radius 3 is 2.45 bits per heavy atom. The zero-order chi connectivity index (χ0) is 14.8. The van der Waals surface area contributed by atoms with E-state index in [9.17, 15) is 0 Å². The zero-order valence-electron chi connectivity index (χ0n) is 12.7. The molecule has 0 atom stereocenters. The summed E-state index contributed by atoms with van der Waals surface area (Å²) in [6.07, 6.45) is 1.77. The van der Waals surface area contributed by atoms with Crippen molar-refractivity contribution in [3.63, 3.8) is 0 Å². The van der Waals surface area contributed by atoms with Crippen LogP contribution in [0.2, 0.25) is 5.02 Å². The molecular formula is C16H23ClO3. The van der Waals surface area contributed by atoms with Gasteiger partial charge in [-0.1, -0.05) is 24.9 Å². The van der Waals surface area contributed by atoms with Crippen molar-refractivity contribution in [1.82, 2.24) is 0 Å². The van der Waals surface area contributed by atoms with Gasteiger partial charge < -0.3 is 14.2 Å². The Bertz CT molecular complexity index is 479. The molecule has 0 bridgehead atoms. The minimum atomic E-state index is -0.708. The number of benzene rings is 1. The molecule has 112 valence electrons. The molecule has 4 heteroatoms. The monoisotopic (exact) mass is 298 g/mol. The lowest BCUT2D eigenvalue weighted by molar-refractivity contribution is -0.172. The van der Waals surface area contributed by atoms with Crippen LogP contribution >= 0.6 is 11.6 Å². The number of aryl methyl sites for hydroxylation is 1. The SMILES string of the molecule is CCCC1(c2c(OCC)cc(C)c(Cl)c2C)OCCO1. The molecular weight excluding hydrogens is 276 g/mol. The predicted octanol–water partition coefficient (Wildman–Crippen LogP) is 4.36. The molecule has 20 heavy (non-hydrogen) atoms. The van der Waals surface area contributed by atoms with Crippen LogP contribution in [0, 0.1) is 13.8 Å². The minimum absolute atomic E-state index is 0.607. The van der Waals surface area contributed by atoms with Crippen LogP contribution < -0.4 is 4.74 Å². The fourth-order valence-electron chi connectivity index (χ4n) is 2.86. The van der Waals surface area contributed by atoms with Crippen molar-refractivity contribution in [1.29, 1.82) is 0 Å². The van der Waals surface area contributed by atoms with Gasteiger partial charge in [0.05, 0.1) is 25.4 Å². The van der Waals surface area contributed by atoms with Crippen molar-refractivity contribution < 1.29 is 14.2 Å². The first-order valence-electron chi connectivity index (χ1n) is 7.26. The molecule has 0 amide bonds. The van der Waals surface area contributed by atoms with Gasteiger partial charge in [0.2, 0.25) is 0 Å². The molecule has 1 aromatic carbocycles. The molecule has 0 radical (unpaired) electrons. The molecule has 2 rings (SSSR count). The highest BCUT2D eigenvalue weighted by Gasteiger charge is 2.42. The summed E-state index contributed by atoms with van der Waals surface area (Å²) in [5.41, 5.74) is 2.96. The van der Waals surface area contributed by atoms with Gasteiger partial charge in [-0.05, 0) is 38.0 Å². The lowest BCUT2D eigenvalue weighted by Crippen LogP contribution is -2.29. The highest BCUT2D eigenvalue weighted by Crippen LogP contribution is 2.45. The molecule has 0 saturated carbocycles. The van der Waals surface area contributed by atoms with Gasteiger partial charge in [0.15, 0.2) is 5.79 Å². The van der Waals surface area contributed by atoms with E-state index in [4.69, 9.17) is 25.8 Å². The maximum atomic E-state index is 6.43. The predicted molar refractivity (Wildman–Crippen MR) is 80.6 cm³/mol. The largest absolute Gasteiger partial charge is 0.493 e. The lowest BCUT2D eigenvalue weighted by atomic mass is 9.93. The maximum Gasteiger partial charge on any atom is 0.198 e. The van der Waals surface area contributed by atoms with Crippen LogP contribution in [0.5, 0.6) is 5.75 Å². The van der Waals surface area contributed by atoms with Gasteiger partial charge in [-0.15, -0.1) is 0 Å². The number of hydrogen-bond donors (Lipinski definition) is 0. The lowest BCUT2D eigenvalue weighted by Gasteiger charge is -2.31.